The van der Waals surface area contributed by atoms with E-state index < -0.39 is 5.97 Å². The first-order valence-corrected chi connectivity index (χ1v) is 5.15. The summed E-state index contributed by atoms with van der Waals surface area (Å²) >= 11 is 0. The number of hydrogen-bond acceptors (Lipinski definition) is 3. The SMILES string of the molecule is CCOCCN(C)CCCCC(=O)O. The Hall–Kier alpha value is -0.610. The van der Waals surface area contributed by atoms with E-state index in [1.807, 2.05) is 14.0 Å². The van der Waals surface area contributed by atoms with Crippen LogP contribution >= 0.6 is 0 Å². The first-order chi connectivity index (χ1) is 6.66. The highest BCUT2D eigenvalue weighted by atomic mass is 16.5. The van der Waals surface area contributed by atoms with Gasteiger partial charge in [-0.15, -0.1) is 0 Å². The summed E-state index contributed by atoms with van der Waals surface area (Å²) in [5.41, 5.74) is 0. The summed E-state index contributed by atoms with van der Waals surface area (Å²) in [6.07, 6.45) is 1.97. The van der Waals surface area contributed by atoms with Crippen molar-refractivity contribution in [3.63, 3.8) is 0 Å². The summed E-state index contributed by atoms with van der Waals surface area (Å²) in [7, 11) is 2.03. The molecule has 0 aliphatic rings. The van der Waals surface area contributed by atoms with Crippen molar-refractivity contribution in [1.29, 1.82) is 0 Å². The Labute approximate surface area is 85.9 Å². The zero-order chi connectivity index (χ0) is 10.8. The van der Waals surface area contributed by atoms with Gasteiger partial charge >= 0.3 is 5.97 Å². The molecule has 0 aliphatic carbocycles. The van der Waals surface area contributed by atoms with Crippen molar-refractivity contribution >= 4 is 5.97 Å². The van der Waals surface area contributed by atoms with Crippen molar-refractivity contribution in [1.82, 2.24) is 4.90 Å². The Morgan fingerprint density at radius 2 is 2.07 bits per heavy atom. The van der Waals surface area contributed by atoms with Crippen LogP contribution in [0.5, 0.6) is 0 Å². The molecule has 0 aromatic rings. The maximum Gasteiger partial charge on any atom is 0.303 e. The molecular weight excluding hydrogens is 182 g/mol. The molecule has 0 fully saturated rings. The van der Waals surface area contributed by atoms with E-state index in [0.29, 0.717) is 0 Å². The van der Waals surface area contributed by atoms with E-state index in [1.165, 1.54) is 0 Å². The minimum absolute atomic E-state index is 0.277. The van der Waals surface area contributed by atoms with Gasteiger partial charge in [-0.3, -0.25) is 4.79 Å². The van der Waals surface area contributed by atoms with Crippen LogP contribution in [-0.2, 0) is 9.53 Å². The predicted octanol–water partition coefficient (Wildman–Crippen LogP) is 1.21. The van der Waals surface area contributed by atoms with Gasteiger partial charge in [-0.05, 0) is 33.4 Å². The highest BCUT2D eigenvalue weighted by Gasteiger charge is 2.00. The van der Waals surface area contributed by atoms with Gasteiger partial charge in [-0.2, -0.15) is 0 Å². The normalized spacial score (nSPS) is 10.8. The lowest BCUT2D eigenvalue weighted by Crippen LogP contribution is -2.24. The first kappa shape index (κ1) is 13.4. The summed E-state index contributed by atoms with van der Waals surface area (Å²) in [5, 5.41) is 8.42. The lowest BCUT2D eigenvalue weighted by Gasteiger charge is -2.15. The van der Waals surface area contributed by atoms with Gasteiger partial charge in [0, 0.05) is 19.6 Å². The second kappa shape index (κ2) is 8.97. The number of nitrogens with zero attached hydrogens (tertiary/aromatic N) is 1. The van der Waals surface area contributed by atoms with Crippen LogP contribution in [-0.4, -0.2) is 49.3 Å². The summed E-state index contributed by atoms with van der Waals surface area (Å²) in [5.74, 6) is -0.707. The van der Waals surface area contributed by atoms with Crippen molar-refractivity contribution in [3.05, 3.63) is 0 Å². The van der Waals surface area contributed by atoms with Gasteiger partial charge in [0.1, 0.15) is 0 Å². The largest absolute Gasteiger partial charge is 0.481 e. The predicted molar refractivity (Wildman–Crippen MR) is 55.5 cm³/mol. The molecule has 0 aliphatic heterocycles. The molecule has 0 rings (SSSR count). The Kier molecular flexibility index (Phi) is 8.57. The van der Waals surface area contributed by atoms with Crippen molar-refractivity contribution in [2.45, 2.75) is 26.2 Å². The smallest absolute Gasteiger partial charge is 0.303 e. The number of likely N-dealkylation sites (N-methyl/N-ethyl adjacent to an activating group) is 1. The second-order valence-electron chi connectivity index (χ2n) is 3.35. The molecule has 84 valence electrons. The summed E-state index contributed by atoms with van der Waals surface area (Å²) in [4.78, 5) is 12.4. The third-order valence-electron chi connectivity index (χ3n) is 2.00. The number of aliphatic carboxylic acids is 1. The van der Waals surface area contributed by atoms with Crippen LogP contribution in [0, 0.1) is 0 Å². The maximum absolute atomic E-state index is 10.2. The van der Waals surface area contributed by atoms with Crippen molar-refractivity contribution in [3.8, 4) is 0 Å². The number of carboxylic acid groups (broad SMARTS) is 1. The quantitative estimate of drug-likeness (QED) is 0.572. The molecule has 0 heterocycles. The van der Waals surface area contributed by atoms with Crippen molar-refractivity contribution in [2.75, 3.05) is 33.4 Å². The molecule has 1 N–H and O–H groups in total. The van der Waals surface area contributed by atoms with Gasteiger partial charge in [0.05, 0.1) is 6.61 Å². The fraction of sp³-hybridized carbons (Fsp3) is 0.900. The lowest BCUT2D eigenvalue weighted by atomic mass is 10.2. The molecule has 0 radical (unpaired) electrons. The average molecular weight is 203 g/mol. The van der Waals surface area contributed by atoms with Gasteiger partial charge in [0.2, 0.25) is 0 Å². The third-order valence-corrected chi connectivity index (χ3v) is 2.00. The van der Waals surface area contributed by atoms with Gasteiger partial charge in [0.15, 0.2) is 0 Å². The molecule has 0 aromatic carbocycles. The molecule has 0 amide bonds. The van der Waals surface area contributed by atoms with Crippen molar-refractivity contribution in [2.24, 2.45) is 0 Å². The molecule has 0 aromatic heterocycles. The van der Waals surface area contributed by atoms with Crippen LogP contribution in [0.4, 0.5) is 0 Å². The number of carbonyl (C=O) groups is 1. The molecule has 4 heteroatoms. The van der Waals surface area contributed by atoms with Crippen molar-refractivity contribution < 1.29 is 14.6 Å². The van der Waals surface area contributed by atoms with E-state index in [1.54, 1.807) is 0 Å². The lowest BCUT2D eigenvalue weighted by molar-refractivity contribution is -0.137. The molecule has 0 bridgehead atoms. The van der Waals surface area contributed by atoms with Gasteiger partial charge in [-0.1, -0.05) is 0 Å². The van der Waals surface area contributed by atoms with Gasteiger partial charge < -0.3 is 14.7 Å². The molecule has 14 heavy (non-hydrogen) atoms. The number of unbranched alkanes of at least 4 members (excludes halogenated alkanes) is 1. The molecule has 0 saturated carbocycles. The van der Waals surface area contributed by atoms with E-state index in [9.17, 15) is 4.79 Å². The standard InChI is InChI=1S/C10H21NO3/c1-3-14-9-8-11(2)7-5-4-6-10(12)13/h3-9H2,1-2H3,(H,12,13). The average Bonchev–Trinajstić information content (AvgIpc) is 2.13. The fourth-order valence-corrected chi connectivity index (χ4v) is 1.13. The maximum atomic E-state index is 10.2. The first-order valence-electron chi connectivity index (χ1n) is 5.15. The van der Waals surface area contributed by atoms with Crippen LogP contribution < -0.4 is 0 Å². The van der Waals surface area contributed by atoms with Crippen LogP contribution in [0.1, 0.15) is 26.2 Å². The molecule has 0 unspecified atom stereocenters. The Morgan fingerprint density at radius 1 is 1.36 bits per heavy atom. The van der Waals surface area contributed by atoms with Crippen LogP contribution in [0.2, 0.25) is 0 Å². The number of carboxylic acids is 1. The topological polar surface area (TPSA) is 49.8 Å². The minimum atomic E-state index is -0.707. The highest BCUT2D eigenvalue weighted by molar-refractivity contribution is 5.66. The minimum Gasteiger partial charge on any atom is -0.481 e. The monoisotopic (exact) mass is 203 g/mol. The zero-order valence-corrected chi connectivity index (χ0v) is 9.16. The zero-order valence-electron chi connectivity index (χ0n) is 9.16. The summed E-state index contributed by atoms with van der Waals surface area (Å²) in [6.45, 7) is 5.35. The van der Waals surface area contributed by atoms with Gasteiger partial charge in [0.25, 0.3) is 0 Å². The van der Waals surface area contributed by atoms with Crippen LogP contribution in [0.25, 0.3) is 0 Å². The number of rotatable bonds is 9. The molecular formula is C10H21NO3. The Bertz CT molecular complexity index is 150. The van der Waals surface area contributed by atoms with E-state index in [0.717, 1.165) is 39.1 Å². The van der Waals surface area contributed by atoms with Crippen LogP contribution in [0.15, 0.2) is 0 Å². The number of hydrogen-bond donors (Lipinski definition) is 1. The third kappa shape index (κ3) is 9.48. The van der Waals surface area contributed by atoms with E-state index in [4.69, 9.17) is 9.84 Å². The van der Waals surface area contributed by atoms with Gasteiger partial charge in [-0.25, -0.2) is 0 Å². The van der Waals surface area contributed by atoms with E-state index in [-0.39, 0.29) is 6.42 Å². The Balaban J connectivity index is 3.18. The van der Waals surface area contributed by atoms with E-state index in [2.05, 4.69) is 4.90 Å². The highest BCUT2D eigenvalue weighted by Crippen LogP contribution is 1.97. The van der Waals surface area contributed by atoms with E-state index >= 15 is 0 Å². The molecule has 0 spiro atoms. The second-order valence-corrected chi connectivity index (χ2v) is 3.35. The summed E-state index contributed by atoms with van der Waals surface area (Å²) in [6, 6.07) is 0. The van der Waals surface area contributed by atoms with Crippen LogP contribution in [0.3, 0.4) is 0 Å². The molecule has 4 nitrogen and oxygen atoms in total. The Morgan fingerprint density at radius 3 is 2.64 bits per heavy atom. The summed E-state index contributed by atoms with van der Waals surface area (Å²) < 4.78 is 5.21. The fourth-order valence-electron chi connectivity index (χ4n) is 1.13. The molecule has 0 atom stereocenters. The number of ether oxygens (including phenoxy) is 1. The molecule has 0 saturated heterocycles.